The van der Waals surface area contributed by atoms with Crippen molar-refractivity contribution in [3.05, 3.63) is 120 Å². The van der Waals surface area contributed by atoms with Crippen molar-refractivity contribution in [1.82, 2.24) is 10.9 Å². The van der Waals surface area contributed by atoms with Gasteiger partial charge in [0.1, 0.15) is 11.5 Å². The minimum atomic E-state index is -0.483. The van der Waals surface area contributed by atoms with Crippen LogP contribution in [0.25, 0.3) is 11.1 Å². The largest absolute Gasteiger partial charge is 0.492 e. The van der Waals surface area contributed by atoms with Crippen LogP contribution in [0, 0.1) is 0 Å². The number of hydrazine groups is 1. The third kappa shape index (κ3) is 6.71. The van der Waals surface area contributed by atoms with E-state index < -0.39 is 11.8 Å². The number of hydrogen-bond donors (Lipinski definition) is 2. The highest BCUT2D eigenvalue weighted by molar-refractivity contribution is 5.97. The van der Waals surface area contributed by atoms with E-state index in [-0.39, 0.29) is 6.61 Å². The lowest BCUT2D eigenvalue weighted by molar-refractivity contribution is -0.123. The molecule has 0 aliphatic carbocycles. The zero-order chi connectivity index (χ0) is 24.3. The van der Waals surface area contributed by atoms with Crippen LogP contribution in [0.2, 0.25) is 0 Å². The molecule has 0 unspecified atom stereocenters. The maximum absolute atomic E-state index is 12.7. The Morgan fingerprint density at radius 3 is 2.03 bits per heavy atom. The van der Waals surface area contributed by atoms with Crippen molar-refractivity contribution in [1.29, 1.82) is 0 Å². The van der Waals surface area contributed by atoms with Crippen molar-refractivity contribution in [2.45, 2.75) is 6.42 Å². The number of para-hydroxylation sites is 2. The van der Waals surface area contributed by atoms with Gasteiger partial charge in [-0.1, -0.05) is 91.0 Å². The molecule has 6 nitrogen and oxygen atoms in total. The molecular formula is C29H26N2O4. The molecule has 0 saturated heterocycles. The van der Waals surface area contributed by atoms with Crippen LogP contribution < -0.4 is 20.3 Å². The lowest BCUT2D eigenvalue weighted by atomic mass is 10.1. The van der Waals surface area contributed by atoms with E-state index in [1.165, 1.54) is 0 Å². The van der Waals surface area contributed by atoms with E-state index in [1.807, 2.05) is 78.9 Å². The third-order valence-corrected chi connectivity index (χ3v) is 5.27. The predicted molar refractivity (Wildman–Crippen MR) is 135 cm³/mol. The fourth-order valence-electron chi connectivity index (χ4n) is 3.53. The van der Waals surface area contributed by atoms with Crippen LogP contribution in [0.4, 0.5) is 0 Å². The zero-order valence-corrected chi connectivity index (χ0v) is 19.1. The summed E-state index contributed by atoms with van der Waals surface area (Å²) in [7, 11) is 0. The van der Waals surface area contributed by atoms with Gasteiger partial charge in [-0.05, 0) is 29.3 Å². The Morgan fingerprint density at radius 1 is 0.629 bits per heavy atom. The molecular weight excluding hydrogens is 440 g/mol. The van der Waals surface area contributed by atoms with E-state index in [0.29, 0.717) is 23.7 Å². The minimum Gasteiger partial charge on any atom is -0.492 e. The highest BCUT2D eigenvalue weighted by Gasteiger charge is 2.14. The van der Waals surface area contributed by atoms with E-state index in [9.17, 15) is 9.59 Å². The minimum absolute atomic E-state index is 0.251. The second-order valence-corrected chi connectivity index (χ2v) is 7.73. The van der Waals surface area contributed by atoms with Crippen LogP contribution in [0.1, 0.15) is 15.9 Å². The molecule has 6 heteroatoms. The van der Waals surface area contributed by atoms with E-state index >= 15 is 0 Å². The summed E-state index contributed by atoms with van der Waals surface area (Å²) in [5.74, 6) is 0.0718. The molecule has 0 aromatic heterocycles. The lowest BCUT2D eigenvalue weighted by Gasteiger charge is -2.14. The standard InChI is InChI=1S/C29H26N2O4/c32-28(21-35-26-17-9-7-15-24(26)23-13-5-2-6-14-23)30-31-29(33)25-16-8-10-18-27(25)34-20-19-22-11-3-1-4-12-22/h1-18H,19-21H2,(H,30,32)(H,31,33). The molecule has 0 heterocycles. The number of amides is 2. The van der Waals surface area contributed by atoms with Gasteiger partial charge in [0.05, 0.1) is 12.2 Å². The van der Waals surface area contributed by atoms with Gasteiger partial charge in [-0.15, -0.1) is 0 Å². The lowest BCUT2D eigenvalue weighted by Crippen LogP contribution is -2.44. The monoisotopic (exact) mass is 466 g/mol. The molecule has 0 bridgehead atoms. The smallest absolute Gasteiger partial charge is 0.276 e. The van der Waals surface area contributed by atoms with Crippen molar-refractivity contribution in [2.24, 2.45) is 0 Å². The van der Waals surface area contributed by atoms with Crippen molar-refractivity contribution >= 4 is 11.8 Å². The molecule has 4 aromatic rings. The van der Waals surface area contributed by atoms with Crippen molar-refractivity contribution in [3.63, 3.8) is 0 Å². The molecule has 0 spiro atoms. The molecule has 0 atom stereocenters. The van der Waals surface area contributed by atoms with E-state index in [2.05, 4.69) is 10.9 Å². The first-order chi connectivity index (χ1) is 17.2. The molecule has 0 aliphatic heterocycles. The van der Waals surface area contributed by atoms with Gasteiger partial charge < -0.3 is 9.47 Å². The Kier molecular flexibility index (Phi) is 8.11. The van der Waals surface area contributed by atoms with E-state index in [1.54, 1.807) is 30.3 Å². The van der Waals surface area contributed by atoms with Gasteiger partial charge in [-0.3, -0.25) is 20.4 Å². The second kappa shape index (κ2) is 12.0. The number of carbonyl (C=O) groups is 2. The first-order valence-electron chi connectivity index (χ1n) is 11.3. The summed E-state index contributed by atoms with van der Waals surface area (Å²) < 4.78 is 11.6. The number of carbonyl (C=O) groups excluding carboxylic acids is 2. The molecule has 0 radical (unpaired) electrons. The highest BCUT2D eigenvalue weighted by atomic mass is 16.5. The first kappa shape index (κ1) is 23.6. The van der Waals surface area contributed by atoms with Crippen LogP contribution in [-0.2, 0) is 11.2 Å². The highest BCUT2D eigenvalue weighted by Crippen LogP contribution is 2.29. The molecule has 35 heavy (non-hydrogen) atoms. The average Bonchev–Trinajstić information content (AvgIpc) is 2.92. The number of hydrogen-bond acceptors (Lipinski definition) is 4. The average molecular weight is 467 g/mol. The van der Waals surface area contributed by atoms with Gasteiger partial charge >= 0.3 is 0 Å². The Labute approximate surface area is 204 Å². The van der Waals surface area contributed by atoms with Gasteiger partial charge in [-0.25, -0.2) is 0 Å². The van der Waals surface area contributed by atoms with Crippen molar-refractivity contribution in [2.75, 3.05) is 13.2 Å². The topological polar surface area (TPSA) is 76.7 Å². The summed E-state index contributed by atoms with van der Waals surface area (Å²) in [6.45, 7) is 0.175. The molecule has 4 rings (SSSR count). The number of benzene rings is 4. The fraction of sp³-hybridized carbons (Fsp3) is 0.103. The van der Waals surface area contributed by atoms with Gasteiger partial charge in [0.15, 0.2) is 6.61 Å². The summed E-state index contributed by atoms with van der Waals surface area (Å²) in [4.78, 5) is 25.0. The number of nitrogens with one attached hydrogen (secondary N) is 2. The molecule has 176 valence electrons. The summed E-state index contributed by atoms with van der Waals surface area (Å²) in [5, 5.41) is 0. The fourth-order valence-corrected chi connectivity index (χ4v) is 3.53. The first-order valence-corrected chi connectivity index (χ1v) is 11.3. The molecule has 0 fully saturated rings. The second-order valence-electron chi connectivity index (χ2n) is 7.73. The normalized spacial score (nSPS) is 10.3. The van der Waals surface area contributed by atoms with Gasteiger partial charge in [0.25, 0.3) is 11.8 Å². The third-order valence-electron chi connectivity index (χ3n) is 5.27. The summed E-state index contributed by atoms with van der Waals surface area (Å²) in [5.41, 5.74) is 8.18. The quantitative estimate of drug-likeness (QED) is 0.347. The van der Waals surface area contributed by atoms with Crippen LogP contribution in [0.5, 0.6) is 11.5 Å². The van der Waals surface area contributed by atoms with Crippen molar-refractivity contribution in [3.8, 4) is 22.6 Å². The van der Waals surface area contributed by atoms with Crippen LogP contribution in [0.15, 0.2) is 109 Å². The predicted octanol–water partition coefficient (Wildman–Crippen LogP) is 4.82. The van der Waals surface area contributed by atoms with Gasteiger partial charge in [-0.2, -0.15) is 0 Å². The van der Waals surface area contributed by atoms with Gasteiger partial charge in [0, 0.05) is 12.0 Å². The maximum atomic E-state index is 12.7. The van der Waals surface area contributed by atoms with E-state index in [4.69, 9.17) is 9.47 Å². The SMILES string of the molecule is O=C(COc1ccccc1-c1ccccc1)NNC(=O)c1ccccc1OCCc1ccccc1. The number of ether oxygens (including phenoxy) is 2. The van der Waals surface area contributed by atoms with Gasteiger partial charge in [0.2, 0.25) is 0 Å². The molecule has 0 aliphatic rings. The molecule has 2 N–H and O–H groups in total. The zero-order valence-electron chi connectivity index (χ0n) is 19.1. The number of rotatable bonds is 9. The van der Waals surface area contributed by atoms with Crippen LogP contribution in [0.3, 0.4) is 0 Å². The Balaban J connectivity index is 1.29. The molecule has 4 aromatic carbocycles. The maximum Gasteiger partial charge on any atom is 0.276 e. The van der Waals surface area contributed by atoms with Crippen LogP contribution >= 0.6 is 0 Å². The summed E-state index contributed by atoms with van der Waals surface area (Å²) in [6, 6.07) is 34.1. The molecule has 0 saturated carbocycles. The van der Waals surface area contributed by atoms with E-state index in [0.717, 1.165) is 23.1 Å². The summed E-state index contributed by atoms with van der Waals surface area (Å²) in [6.07, 6.45) is 0.718. The van der Waals surface area contributed by atoms with Crippen LogP contribution in [-0.4, -0.2) is 25.0 Å². The molecule has 2 amide bonds. The Morgan fingerprint density at radius 2 is 1.26 bits per heavy atom. The van der Waals surface area contributed by atoms with Crippen molar-refractivity contribution < 1.29 is 19.1 Å². The Hall–Kier alpha value is -4.58. The summed E-state index contributed by atoms with van der Waals surface area (Å²) >= 11 is 0. The Bertz CT molecular complexity index is 1260.